The number of pyridine rings is 1. The Kier molecular flexibility index (Phi) is 8.95. The lowest BCUT2D eigenvalue weighted by molar-refractivity contribution is 0.0805. The number of nitrogens with one attached hydrogen (secondary N) is 2. The summed E-state index contributed by atoms with van der Waals surface area (Å²) in [5.41, 5.74) is 5.85. The Bertz CT molecular complexity index is 1700. The van der Waals surface area contributed by atoms with Crippen molar-refractivity contribution in [2.24, 2.45) is 5.73 Å². The van der Waals surface area contributed by atoms with Crippen molar-refractivity contribution in [3.05, 3.63) is 90.3 Å². The Balaban J connectivity index is 1.29. The molecule has 2 aromatic heterocycles. The zero-order valence-corrected chi connectivity index (χ0v) is 23.6. The molecule has 4 aromatic rings. The van der Waals surface area contributed by atoms with Crippen molar-refractivity contribution in [1.82, 2.24) is 15.0 Å². The number of carbonyl (C=O) groups excluding carboxylic acids is 1. The van der Waals surface area contributed by atoms with E-state index >= 15 is 4.39 Å². The molecule has 2 heterocycles. The van der Waals surface area contributed by atoms with Crippen molar-refractivity contribution in [3.8, 4) is 22.9 Å². The van der Waals surface area contributed by atoms with Gasteiger partial charge in [0.2, 0.25) is 27.7 Å². The number of anilines is 2. The summed E-state index contributed by atoms with van der Waals surface area (Å²) in [6.45, 7) is 0. The van der Waals surface area contributed by atoms with E-state index in [0.717, 1.165) is 25.0 Å². The molecule has 1 aliphatic carbocycles. The third-order valence-corrected chi connectivity index (χ3v) is 7.96. The van der Waals surface area contributed by atoms with Crippen molar-refractivity contribution in [2.75, 3.05) is 10.0 Å². The predicted octanol–water partition coefficient (Wildman–Crippen LogP) is 5.37. The van der Waals surface area contributed by atoms with Crippen LogP contribution in [0, 0.1) is 11.6 Å². The lowest BCUT2D eigenvalue weighted by atomic mass is 9.93. The Morgan fingerprint density at radius 3 is 2.44 bits per heavy atom. The van der Waals surface area contributed by atoms with Crippen LogP contribution in [0.5, 0.6) is 11.6 Å². The molecule has 0 saturated heterocycles. The number of primary amides is 1. The lowest BCUT2D eigenvalue weighted by Gasteiger charge is -2.28. The van der Waals surface area contributed by atoms with Crippen LogP contribution >= 0.6 is 0 Å². The highest BCUT2D eigenvalue weighted by atomic mass is 32.2. The second kappa shape index (κ2) is 13.0. The van der Waals surface area contributed by atoms with Crippen molar-refractivity contribution in [3.63, 3.8) is 0 Å². The summed E-state index contributed by atoms with van der Waals surface area (Å²) in [6, 6.07) is 15.5. The number of aromatic nitrogens is 3. The van der Waals surface area contributed by atoms with E-state index in [4.69, 9.17) is 15.2 Å². The largest absolute Gasteiger partial charge is 0.446 e. The SMILES string of the molecule is NC(=O)OC1CCC(Nc2nccc(-c3cccnc3Oc3ccc(NS(=O)(=O)Cc4ccccc4)c(F)c3F)n2)CC1. The van der Waals surface area contributed by atoms with Crippen LogP contribution in [-0.4, -0.2) is 41.6 Å². The number of halogens is 2. The van der Waals surface area contributed by atoms with E-state index in [1.165, 1.54) is 6.20 Å². The number of carbonyl (C=O) groups is 1. The number of hydrogen-bond donors (Lipinski definition) is 3. The molecule has 0 radical (unpaired) electrons. The van der Waals surface area contributed by atoms with E-state index in [2.05, 4.69) is 25.0 Å². The Morgan fingerprint density at radius 1 is 0.930 bits per heavy atom. The van der Waals surface area contributed by atoms with Gasteiger partial charge in [-0.05, 0) is 61.6 Å². The summed E-state index contributed by atoms with van der Waals surface area (Å²) in [6.07, 6.45) is 4.69. The molecule has 0 atom stereocenters. The number of amides is 1. The van der Waals surface area contributed by atoms with Gasteiger partial charge in [-0.1, -0.05) is 30.3 Å². The van der Waals surface area contributed by atoms with Gasteiger partial charge < -0.3 is 20.5 Å². The first-order valence-electron chi connectivity index (χ1n) is 13.4. The maximum atomic E-state index is 15.1. The monoisotopic (exact) mass is 610 g/mol. The molecular weight excluding hydrogens is 582 g/mol. The maximum absolute atomic E-state index is 15.1. The van der Waals surface area contributed by atoms with Gasteiger partial charge in [0.25, 0.3) is 0 Å². The first kappa shape index (κ1) is 29.6. The van der Waals surface area contributed by atoms with Crippen molar-refractivity contribution < 1.29 is 31.5 Å². The fourth-order valence-electron chi connectivity index (χ4n) is 4.71. The van der Waals surface area contributed by atoms with Crippen LogP contribution in [0.4, 0.5) is 25.2 Å². The van der Waals surface area contributed by atoms with E-state index in [9.17, 15) is 17.6 Å². The molecule has 1 saturated carbocycles. The Labute approximate surface area is 246 Å². The third-order valence-electron chi connectivity index (χ3n) is 6.71. The van der Waals surface area contributed by atoms with Gasteiger partial charge in [-0.3, -0.25) is 4.72 Å². The van der Waals surface area contributed by atoms with Gasteiger partial charge in [0.05, 0.1) is 22.7 Å². The van der Waals surface area contributed by atoms with Crippen molar-refractivity contribution in [1.29, 1.82) is 0 Å². The van der Waals surface area contributed by atoms with Crippen molar-refractivity contribution >= 4 is 27.8 Å². The summed E-state index contributed by atoms with van der Waals surface area (Å²) in [7, 11) is -4.02. The normalized spacial score (nSPS) is 16.7. The summed E-state index contributed by atoms with van der Waals surface area (Å²) < 4.78 is 67.9. The molecule has 1 fully saturated rings. The van der Waals surface area contributed by atoms with E-state index in [1.54, 1.807) is 54.7 Å². The molecule has 1 aliphatic rings. The van der Waals surface area contributed by atoms with Gasteiger partial charge in [-0.2, -0.15) is 4.39 Å². The summed E-state index contributed by atoms with van der Waals surface area (Å²) in [4.78, 5) is 24.0. The van der Waals surface area contributed by atoms with E-state index in [0.29, 0.717) is 35.6 Å². The second-order valence-electron chi connectivity index (χ2n) is 9.86. The van der Waals surface area contributed by atoms with E-state index in [-0.39, 0.29) is 18.0 Å². The number of benzene rings is 2. The van der Waals surface area contributed by atoms with Crippen LogP contribution < -0.4 is 20.5 Å². The molecule has 1 amide bonds. The van der Waals surface area contributed by atoms with Gasteiger partial charge in [0, 0.05) is 18.4 Å². The number of ether oxygens (including phenoxy) is 2. The highest BCUT2D eigenvalue weighted by Crippen LogP contribution is 2.34. The minimum absolute atomic E-state index is 0.0491. The average molecular weight is 611 g/mol. The molecule has 0 bridgehead atoms. The number of hydrogen-bond acceptors (Lipinski definition) is 9. The van der Waals surface area contributed by atoms with Gasteiger partial charge in [0.1, 0.15) is 6.10 Å². The number of sulfonamides is 1. The molecule has 11 nitrogen and oxygen atoms in total. The average Bonchev–Trinajstić information content (AvgIpc) is 2.98. The highest BCUT2D eigenvalue weighted by Gasteiger charge is 2.24. The second-order valence-corrected chi connectivity index (χ2v) is 11.6. The van der Waals surface area contributed by atoms with Crippen LogP contribution in [0.2, 0.25) is 0 Å². The molecule has 14 heteroatoms. The molecule has 0 aliphatic heterocycles. The predicted molar refractivity (Wildman–Crippen MR) is 155 cm³/mol. The lowest BCUT2D eigenvalue weighted by Crippen LogP contribution is -2.32. The molecule has 0 unspecified atom stereocenters. The molecule has 0 spiro atoms. The van der Waals surface area contributed by atoms with Gasteiger partial charge in [0.15, 0.2) is 11.6 Å². The first-order chi connectivity index (χ1) is 20.7. The van der Waals surface area contributed by atoms with Crippen LogP contribution in [0.3, 0.4) is 0 Å². The van der Waals surface area contributed by atoms with Crippen molar-refractivity contribution in [2.45, 2.75) is 43.6 Å². The zero-order valence-electron chi connectivity index (χ0n) is 22.7. The fourth-order valence-corrected chi connectivity index (χ4v) is 5.90. The van der Waals surface area contributed by atoms with Crippen LogP contribution in [0.25, 0.3) is 11.3 Å². The van der Waals surface area contributed by atoms with E-state index in [1.807, 2.05) is 0 Å². The molecule has 5 rings (SSSR count). The Morgan fingerprint density at radius 2 is 1.70 bits per heavy atom. The maximum Gasteiger partial charge on any atom is 0.404 e. The summed E-state index contributed by atoms with van der Waals surface area (Å²) >= 11 is 0. The topological polar surface area (TPSA) is 158 Å². The minimum Gasteiger partial charge on any atom is -0.446 e. The molecule has 43 heavy (non-hydrogen) atoms. The standard InChI is InChI=1S/C29H28F2N6O5S/c30-25-23(37-43(39,40)17-18-5-2-1-3-6-18)12-13-24(26(25)31)42-27-21(7-4-15-33-27)22-14-16-34-29(36-22)35-19-8-10-20(11-9-19)41-28(32)38/h1-7,12-16,19-20,37H,8-11,17H2,(H2,32,38)(H,34,35,36). The third kappa shape index (κ3) is 7.71. The molecule has 224 valence electrons. The van der Waals surface area contributed by atoms with Gasteiger partial charge in [-0.25, -0.2) is 32.6 Å². The van der Waals surface area contributed by atoms with E-state index < -0.39 is 44.9 Å². The first-order valence-corrected chi connectivity index (χ1v) is 15.0. The van der Waals surface area contributed by atoms with Crippen LogP contribution in [0.15, 0.2) is 73.1 Å². The number of nitrogens with zero attached hydrogens (tertiary/aromatic N) is 3. The zero-order chi connectivity index (χ0) is 30.4. The summed E-state index contributed by atoms with van der Waals surface area (Å²) in [5, 5.41) is 3.27. The number of nitrogens with two attached hydrogens (primary N) is 1. The minimum atomic E-state index is -4.02. The highest BCUT2D eigenvalue weighted by molar-refractivity contribution is 7.91. The quantitative estimate of drug-likeness (QED) is 0.215. The fraction of sp³-hybridized carbons (Fsp3) is 0.241. The molecular formula is C29H28F2N6O5S. The summed E-state index contributed by atoms with van der Waals surface area (Å²) in [5.74, 6) is -3.42. The molecule has 4 N–H and O–H groups in total. The van der Waals surface area contributed by atoms with Gasteiger partial charge >= 0.3 is 6.09 Å². The van der Waals surface area contributed by atoms with Crippen LogP contribution in [-0.2, 0) is 20.5 Å². The van der Waals surface area contributed by atoms with Gasteiger partial charge in [-0.15, -0.1) is 0 Å². The molecule has 2 aromatic carbocycles. The van der Waals surface area contributed by atoms with Crippen LogP contribution in [0.1, 0.15) is 31.2 Å². The smallest absolute Gasteiger partial charge is 0.404 e. The Hall–Kier alpha value is -4.85. The number of rotatable bonds is 10.